The molecule has 0 unspecified atom stereocenters. The highest BCUT2D eigenvalue weighted by Crippen LogP contribution is 2.14. The van der Waals surface area contributed by atoms with Crippen LogP contribution < -0.4 is 26.6 Å². The molecule has 0 aliphatic heterocycles. The van der Waals surface area contributed by atoms with Gasteiger partial charge in [0.15, 0.2) is 18.2 Å². The van der Waals surface area contributed by atoms with Crippen LogP contribution in [-0.4, -0.2) is 30.5 Å². The summed E-state index contributed by atoms with van der Waals surface area (Å²) in [6.07, 6.45) is 0.614. The lowest BCUT2D eigenvalue weighted by atomic mass is 9.99. The van der Waals surface area contributed by atoms with Crippen molar-refractivity contribution in [2.75, 3.05) is 6.61 Å². The summed E-state index contributed by atoms with van der Waals surface area (Å²) >= 11 is 0. The molecule has 4 amide bonds. The van der Waals surface area contributed by atoms with Crippen molar-refractivity contribution < 1.29 is 23.5 Å². The number of carbonyl (C=O) groups excluding carboxylic acids is 3. The SMILES string of the molecule is CC[C@H](C)[C@H](NC(N)=O)C(=O)NNC(=O)COc1ccccc1F. The molecular weight excluding hydrogens is 319 g/mol. The minimum Gasteiger partial charge on any atom is -0.481 e. The van der Waals surface area contributed by atoms with Crippen LogP contribution >= 0.6 is 0 Å². The van der Waals surface area contributed by atoms with E-state index in [0.717, 1.165) is 0 Å². The van der Waals surface area contributed by atoms with Crippen LogP contribution in [0.1, 0.15) is 20.3 Å². The Labute approximate surface area is 138 Å². The number of nitrogens with one attached hydrogen (secondary N) is 3. The number of hydrazine groups is 1. The number of hydrogen-bond donors (Lipinski definition) is 4. The molecule has 9 heteroatoms. The van der Waals surface area contributed by atoms with Crippen LogP contribution in [0.15, 0.2) is 24.3 Å². The first-order valence-corrected chi connectivity index (χ1v) is 7.37. The number of halogens is 1. The topological polar surface area (TPSA) is 123 Å². The highest BCUT2D eigenvalue weighted by molar-refractivity contribution is 5.88. The molecule has 1 aromatic carbocycles. The molecule has 0 heterocycles. The van der Waals surface area contributed by atoms with E-state index in [-0.39, 0.29) is 11.7 Å². The molecule has 0 bridgehead atoms. The van der Waals surface area contributed by atoms with Crippen LogP contribution in [-0.2, 0) is 9.59 Å². The molecule has 1 aromatic rings. The first-order valence-electron chi connectivity index (χ1n) is 7.37. The van der Waals surface area contributed by atoms with E-state index in [0.29, 0.717) is 6.42 Å². The van der Waals surface area contributed by atoms with Gasteiger partial charge >= 0.3 is 6.03 Å². The number of carbonyl (C=O) groups is 3. The predicted octanol–water partition coefficient (Wildman–Crippen LogP) is 0.435. The fraction of sp³-hybridized carbons (Fsp3) is 0.400. The van der Waals surface area contributed by atoms with Crippen LogP contribution in [0.5, 0.6) is 5.75 Å². The van der Waals surface area contributed by atoms with E-state index in [1.807, 2.05) is 6.92 Å². The number of benzene rings is 1. The first-order chi connectivity index (χ1) is 11.3. The Hall–Kier alpha value is -2.84. The smallest absolute Gasteiger partial charge is 0.312 e. The summed E-state index contributed by atoms with van der Waals surface area (Å²) in [5, 5.41) is 2.31. The van der Waals surface area contributed by atoms with Crippen molar-refractivity contribution in [1.29, 1.82) is 0 Å². The summed E-state index contributed by atoms with van der Waals surface area (Å²) in [6.45, 7) is 3.11. The Kier molecular flexibility index (Phi) is 7.47. The van der Waals surface area contributed by atoms with Gasteiger partial charge in [-0.05, 0) is 18.1 Å². The monoisotopic (exact) mass is 340 g/mol. The lowest BCUT2D eigenvalue weighted by Gasteiger charge is -2.22. The zero-order valence-electron chi connectivity index (χ0n) is 13.5. The number of hydrogen-bond acceptors (Lipinski definition) is 4. The molecule has 8 nitrogen and oxygen atoms in total. The fourth-order valence-corrected chi connectivity index (χ4v) is 1.81. The van der Waals surface area contributed by atoms with Crippen molar-refractivity contribution in [3.8, 4) is 5.75 Å². The molecule has 2 atom stereocenters. The number of ether oxygens (including phenoxy) is 1. The third-order valence-corrected chi connectivity index (χ3v) is 3.31. The number of urea groups is 1. The number of amides is 4. The van der Waals surface area contributed by atoms with Gasteiger partial charge in [0.05, 0.1) is 0 Å². The molecule has 5 N–H and O–H groups in total. The Bertz CT molecular complexity index is 597. The maximum Gasteiger partial charge on any atom is 0.312 e. The van der Waals surface area contributed by atoms with Crippen LogP contribution in [0, 0.1) is 11.7 Å². The minimum absolute atomic E-state index is 0.0770. The minimum atomic E-state index is -0.889. The molecule has 0 spiro atoms. The fourth-order valence-electron chi connectivity index (χ4n) is 1.81. The van der Waals surface area contributed by atoms with Gasteiger partial charge in [-0.2, -0.15) is 0 Å². The zero-order valence-corrected chi connectivity index (χ0v) is 13.5. The molecular formula is C15H21FN4O4. The number of primary amides is 1. The second-order valence-corrected chi connectivity index (χ2v) is 5.13. The van der Waals surface area contributed by atoms with Gasteiger partial charge in [0.1, 0.15) is 6.04 Å². The van der Waals surface area contributed by atoms with E-state index in [1.165, 1.54) is 18.2 Å². The van der Waals surface area contributed by atoms with Crippen molar-refractivity contribution in [2.24, 2.45) is 11.7 Å². The van der Waals surface area contributed by atoms with E-state index >= 15 is 0 Å². The van der Waals surface area contributed by atoms with Gasteiger partial charge in [-0.3, -0.25) is 20.4 Å². The van der Waals surface area contributed by atoms with Crippen molar-refractivity contribution >= 4 is 17.8 Å². The molecule has 0 aliphatic carbocycles. The predicted molar refractivity (Wildman–Crippen MR) is 84.1 cm³/mol. The summed E-state index contributed by atoms with van der Waals surface area (Å²) in [5.74, 6) is -2.18. The second-order valence-electron chi connectivity index (χ2n) is 5.13. The van der Waals surface area contributed by atoms with Gasteiger partial charge in [-0.1, -0.05) is 32.4 Å². The van der Waals surface area contributed by atoms with E-state index in [4.69, 9.17) is 10.5 Å². The van der Waals surface area contributed by atoms with Crippen molar-refractivity contribution in [1.82, 2.24) is 16.2 Å². The molecule has 0 saturated heterocycles. The Morgan fingerprint density at radius 1 is 1.25 bits per heavy atom. The maximum absolute atomic E-state index is 13.3. The number of para-hydroxylation sites is 1. The van der Waals surface area contributed by atoms with Gasteiger partial charge in [0.25, 0.3) is 11.8 Å². The largest absolute Gasteiger partial charge is 0.481 e. The van der Waals surface area contributed by atoms with E-state index in [1.54, 1.807) is 13.0 Å². The summed E-state index contributed by atoms with van der Waals surface area (Å²) in [6, 6.07) is 3.89. The van der Waals surface area contributed by atoms with Crippen molar-refractivity contribution in [3.63, 3.8) is 0 Å². The molecule has 0 saturated carbocycles. The highest BCUT2D eigenvalue weighted by Gasteiger charge is 2.25. The van der Waals surface area contributed by atoms with Crippen molar-refractivity contribution in [3.05, 3.63) is 30.1 Å². The summed E-state index contributed by atoms with van der Waals surface area (Å²) < 4.78 is 18.3. The molecule has 24 heavy (non-hydrogen) atoms. The van der Waals surface area contributed by atoms with Crippen molar-refractivity contribution in [2.45, 2.75) is 26.3 Å². The highest BCUT2D eigenvalue weighted by atomic mass is 19.1. The van der Waals surface area contributed by atoms with Gasteiger partial charge in [-0.15, -0.1) is 0 Å². The average molecular weight is 340 g/mol. The molecule has 1 rings (SSSR count). The first kappa shape index (κ1) is 19.2. The quantitative estimate of drug-likeness (QED) is 0.538. The summed E-state index contributed by atoms with van der Waals surface area (Å²) in [5.41, 5.74) is 9.33. The van der Waals surface area contributed by atoms with Crippen LogP contribution in [0.25, 0.3) is 0 Å². The van der Waals surface area contributed by atoms with Gasteiger partial charge in [0, 0.05) is 0 Å². The Morgan fingerprint density at radius 3 is 2.50 bits per heavy atom. The molecule has 0 fully saturated rings. The van der Waals surface area contributed by atoms with Gasteiger partial charge in [-0.25, -0.2) is 9.18 Å². The molecule has 132 valence electrons. The lowest BCUT2D eigenvalue weighted by Crippen LogP contribution is -2.56. The normalized spacial score (nSPS) is 12.6. The summed E-state index contributed by atoms with van der Waals surface area (Å²) in [4.78, 5) is 34.6. The maximum atomic E-state index is 13.3. The number of nitrogens with two attached hydrogens (primary N) is 1. The van der Waals surface area contributed by atoms with Crippen LogP contribution in [0.2, 0.25) is 0 Å². The molecule has 0 radical (unpaired) electrons. The van der Waals surface area contributed by atoms with E-state index in [9.17, 15) is 18.8 Å². The molecule has 0 aromatic heterocycles. The van der Waals surface area contributed by atoms with E-state index in [2.05, 4.69) is 16.2 Å². The second kappa shape index (κ2) is 9.33. The Morgan fingerprint density at radius 2 is 1.92 bits per heavy atom. The standard InChI is InChI=1S/C15H21FN4O4/c1-3-9(2)13(18-15(17)23)14(22)20-19-12(21)8-24-11-7-5-4-6-10(11)16/h4-7,9,13H,3,8H2,1-2H3,(H,19,21)(H,20,22)(H3,17,18,23)/t9-,13-/m0/s1. The zero-order chi connectivity index (χ0) is 18.1. The summed E-state index contributed by atoms with van der Waals surface area (Å²) in [7, 11) is 0. The van der Waals surface area contributed by atoms with Gasteiger partial charge in [0.2, 0.25) is 0 Å². The Balaban J connectivity index is 2.48. The average Bonchev–Trinajstić information content (AvgIpc) is 2.55. The van der Waals surface area contributed by atoms with Crippen LogP contribution in [0.3, 0.4) is 0 Å². The van der Waals surface area contributed by atoms with E-state index < -0.39 is 36.3 Å². The number of rotatable bonds is 7. The molecule has 0 aliphatic rings. The third kappa shape index (κ3) is 6.11. The van der Waals surface area contributed by atoms with Gasteiger partial charge < -0.3 is 15.8 Å². The lowest BCUT2D eigenvalue weighted by molar-refractivity contribution is -0.131. The third-order valence-electron chi connectivity index (χ3n) is 3.31. The van der Waals surface area contributed by atoms with Crippen LogP contribution in [0.4, 0.5) is 9.18 Å².